The summed E-state index contributed by atoms with van der Waals surface area (Å²) in [6.07, 6.45) is 9.22. The van der Waals surface area contributed by atoms with Crippen molar-refractivity contribution in [1.29, 1.82) is 0 Å². The van der Waals surface area contributed by atoms with Crippen molar-refractivity contribution < 1.29 is 19.1 Å². The van der Waals surface area contributed by atoms with Crippen LogP contribution in [-0.2, 0) is 9.47 Å². The Bertz CT molecular complexity index is 939. The molecule has 1 aliphatic carbocycles. The Hall–Kier alpha value is -2.82. The second-order valence-corrected chi connectivity index (χ2v) is 9.81. The topological polar surface area (TPSA) is 55.8 Å². The number of rotatable bonds is 12. The van der Waals surface area contributed by atoms with Crippen molar-refractivity contribution >= 4 is 12.1 Å². The molecular weight excluding hydrogens is 450 g/mol. The summed E-state index contributed by atoms with van der Waals surface area (Å²) in [5.41, 5.74) is 2.27. The van der Waals surface area contributed by atoms with E-state index in [-0.39, 0.29) is 18.1 Å². The highest BCUT2D eigenvalue weighted by Crippen LogP contribution is 2.37. The van der Waals surface area contributed by atoms with E-state index in [0.29, 0.717) is 24.7 Å². The minimum atomic E-state index is -0.431. The van der Waals surface area contributed by atoms with E-state index >= 15 is 0 Å². The van der Waals surface area contributed by atoms with Crippen LogP contribution < -0.4 is 0 Å². The summed E-state index contributed by atoms with van der Waals surface area (Å²) in [6.45, 7) is 6.89. The lowest BCUT2D eigenvalue weighted by atomic mass is 9.88. The van der Waals surface area contributed by atoms with Gasteiger partial charge < -0.3 is 9.47 Å². The molecule has 0 saturated heterocycles. The zero-order valence-electron chi connectivity index (χ0n) is 22.3. The van der Waals surface area contributed by atoms with Crippen molar-refractivity contribution in [2.75, 3.05) is 13.2 Å². The third kappa shape index (κ3) is 7.35. The summed E-state index contributed by atoms with van der Waals surface area (Å²) in [4.78, 5) is 28.8. The van der Waals surface area contributed by atoms with Gasteiger partial charge in [-0.25, -0.2) is 9.59 Å². The maximum atomic E-state index is 13.5. The van der Waals surface area contributed by atoms with Crippen LogP contribution >= 0.6 is 0 Å². The van der Waals surface area contributed by atoms with Crippen molar-refractivity contribution in [3.8, 4) is 0 Å². The van der Waals surface area contributed by atoms with Crippen LogP contribution in [0.3, 0.4) is 0 Å². The van der Waals surface area contributed by atoms with Crippen molar-refractivity contribution in [3.63, 3.8) is 0 Å². The smallest absolute Gasteiger partial charge is 0.410 e. The minimum absolute atomic E-state index is 0.0607. The SMILES string of the molecule is CCCCC(CC)COC(=O)c1ccccc1C(c1ccccc1)N(C(=O)OCC)C1CCCCC1. The van der Waals surface area contributed by atoms with Crippen molar-refractivity contribution in [3.05, 3.63) is 71.3 Å². The number of hydrogen-bond acceptors (Lipinski definition) is 4. The van der Waals surface area contributed by atoms with Crippen molar-refractivity contribution in [1.82, 2.24) is 4.90 Å². The standard InChI is InChI=1S/C31H43NO4/c1-4-7-16-24(5-2)23-36-30(33)28-22-15-14-21-27(28)29(25-17-10-8-11-18-25)32(31(34)35-6-3)26-19-12-9-13-20-26/h8,10-11,14-15,17-18,21-22,24,26,29H,4-7,9,12-13,16,19-20,23H2,1-3H3. The summed E-state index contributed by atoms with van der Waals surface area (Å²) < 4.78 is 11.4. The van der Waals surface area contributed by atoms with E-state index in [1.165, 1.54) is 6.42 Å². The zero-order chi connectivity index (χ0) is 25.8. The van der Waals surface area contributed by atoms with E-state index in [0.717, 1.165) is 62.5 Å². The lowest BCUT2D eigenvalue weighted by molar-refractivity contribution is 0.0417. The van der Waals surface area contributed by atoms with Gasteiger partial charge in [-0.1, -0.05) is 101 Å². The Labute approximate surface area is 217 Å². The fourth-order valence-corrected chi connectivity index (χ4v) is 5.24. The predicted octanol–water partition coefficient (Wildman–Crippen LogP) is 7.94. The molecule has 2 unspecified atom stereocenters. The molecule has 1 fully saturated rings. The van der Waals surface area contributed by atoms with Crippen LogP contribution in [0.15, 0.2) is 54.6 Å². The molecule has 2 atom stereocenters. The molecule has 0 aromatic heterocycles. The van der Waals surface area contributed by atoms with Gasteiger partial charge >= 0.3 is 12.1 Å². The van der Waals surface area contributed by atoms with E-state index in [2.05, 4.69) is 13.8 Å². The van der Waals surface area contributed by atoms with Gasteiger partial charge in [0.15, 0.2) is 0 Å². The van der Waals surface area contributed by atoms with Gasteiger partial charge in [-0.2, -0.15) is 0 Å². The van der Waals surface area contributed by atoms with Crippen LogP contribution in [0.2, 0.25) is 0 Å². The summed E-state index contributed by atoms with van der Waals surface area (Å²) in [6, 6.07) is 17.2. The van der Waals surface area contributed by atoms with Gasteiger partial charge in [0.2, 0.25) is 0 Å². The molecule has 1 saturated carbocycles. The molecular formula is C31H43NO4. The highest BCUT2D eigenvalue weighted by Gasteiger charge is 2.36. The van der Waals surface area contributed by atoms with E-state index in [1.54, 1.807) is 0 Å². The average Bonchev–Trinajstić information content (AvgIpc) is 2.92. The Morgan fingerprint density at radius 3 is 2.28 bits per heavy atom. The van der Waals surface area contributed by atoms with Crippen LogP contribution in [0.4, 0.5) is 4.79 Å². The van der Waals surface area contributed by atoms with E-state index < -0.39 is 6.04 Å². The summed E-state index contributed by atoms with van der Waals surface area (Å²) in [5.74, 6) is 0.0400. The van der Waals surface area contributed by atoms with Gasteiger partial charge in [0.1, 0.15) is 0 Å². The molecule has 3 rings (SSSR count). The number of ether oxygens (including phenoxy) is 2. The molecule has 2 aromatic carbocycles. The number of benzene rings is 2. The fraction of sp³-hybridized carbons (Fsp3) is 0.548. The van der Waals surface area contributed by atoms with Gasteiger partial charge in [-0.05, 0) is 49.3 Å². The fourth-order valence-electron chi connectivity index (χ4n) is 5.24. The second kappa shape index (κ2) is 14.7. The van der Waals surface area contributed by atoms with E-state index in [1.807, 2.05) is 66.4 Å². The average molecular weight is 494 g/mol. The molecule has 1 aliphatic rings. The third-order valence-electron chi connectivity index (χ3n) is 7.31. The van der Waals surface area contributed by atoms with E-state index in [9.17, 15) is 9.59 Å². The molecule has 196 valence electrons. The number of hydrogen-bond donors (Lipinski definition) is 0. The molecule has 0 bridgehead atoms. The first-order valence-corrected chi connectivity index (χ1v) is 13.9. The maximum Gasteiger partial charge on any atom is 0.410 e. The first-order valence-electron chi connectivity index (χ1n) is 13.9. The molecule has 2 aromatic rings. The molecule has 0 radical (unpaired) electrons. The molecule has 0 heterocycles. The van der Waals surface area contributed by atoms with E-state index in [4.69, 9.17) is 9.47 Å². The molecule has 0 spiro atoms. The van der Waals surface area contributed by atoms with Crippen molar-refractivity contribution in [2.45, 2.75) is 90.6 Å². The third-order valence-corrected chi connectivity index (χ3v) is 7.31. The summed E-state index contributed by atoms with van der Waals surface area (Å²) in [5, 5.41) is 0. The first kappa shape index (κ1) is 27.8. The number of esters is 1. The van der Waals surface area contributed by atoms with Gasteiger partial charge in [-0.3, -0.25) is 4.90 Å². The summed E-state index contributed by atoms with van der Waals surface area (Å²) in [7, 11) is 0. The molecule has 36 heavy (non-hydrogen) atoms. The molecule has 0 aliphatic heterocycles. The Balaban J connectivity index is 2.00. The Morgan fingerprint density at radius 2 is 1.61 bits per heavy atom. The first-order chi connectivity index (χ1) is 17.6. The quantitative estimate of drug-likeness (QED) is 0.282. The van der Waals surface area contributed by atoms with Gasteiger partial charge in [0.05, 0.1) is 24.8 Å². The zero-order valence-corrected chi connectivity index (χ0v) is 22.3. The van der Waals surface area contributed by atoms with Crippen LogP contribution in [-0.4, -0.2) is 36.2 Å². The number of amides is 1. The number of carbonyl (C=O) groups excluding carboxylic acids is 2. The minimum Gasteiger partial charge on any atom is -0.462 e. The largest absolute Gasteiger partial charge is 0.462 e. The number of carbonyl (C=O) groups is 2. The maximum absolute atomic E-state index is 13.5. The highest BCUT2D eigenvalue weighted by atomic mass is 16.6. The number of unbranched alkanes of at least 4 members (excludes halogenated alkanes) is 1. The molecule has 1 amide bonds. The van der Waals surface area contributed by atoms with Crippen LogP contribution in [0.5, 0.6) is 0 Å². The van der Waals surface area contributed by atoms with Crippen molar-refractivity contribution in [2.24, 2.45) is 5.92 Å². The van der Waals surface area contributed by atoms with Crippen LogP contribution in [0.1, 0.15) is 106 Å². The Kier molecular flexibility index (Phi) is 11.3. The Morgan fingerprint density at radius 1 is 0.917 bits per heavy atom. The van der Waals surface area contributed by atoms with Gasteiger partial charge in [0, 0.05) is 6.04 Å². The lowest BCUT2D eigenvalue weighted by Gasteiger charge is -2.40. The van der Waals surface area contributed by atoms with Crippen LogP contribution in [0, 0.1) is 5.92 Å². The van der Waals surface area contributed by atoms with Gasteiger partial charge in [-0.15, -0.1) is 0 Å². The monoisotopic (exact) mass is 493 g/mol. The lowest BCUT2D eigenvalue weighted by Crippen LogP contribution is -2.45. The summed E-state index contributed by atoms with van der Waals surface area (Å²) >= 11 is 0. The van der Waals surface area contributed by atoms with Gasteiger partial charge in [0.25, 0.3) is 0 Å². The molecule has 0 N–H and O–H groups in total. The second-order valence-electron chi connectivity index (χ2n) is 9.81. The normalized spacial score (nSPS) is 15.6. The van der Waals surface area contributed by atoms with Crippen LogP contribution in [0.25, 0.3) is 0 Å². The highest BCUT2D eigenvalue weighted by molar-refractivity contribution is 5.91. The number of nitrogens with zero attached hydrogens (tertiary/aromatic N) is 1. The predicted molar refractivity (Wildman–Crippen MR) is 144 cm³/mol. The molecule has 5 heteroatoms. The molecule has 5 nitrogen and oxygen atoms in total.